The first-order valence-corrected chi connectivity index (χ1v) is 6.02. The molecule has 0 saturated carbocycles. The smallest absolute Gasteiger partial charge is 0.259 e. The van der Waals surface area contributed by atoms with E-state index in [-0.39, 0.29) is 23.9 Å². The van der Waals surface area contributed by atoms with Crippen LogP contribution in [0.5, 0.6) is 5.75 Å². The lowest BCUT2D eigenvalue weighted by Crippen LogP contribution is -1.93. The fraction of sp³-hybridized carbons (Fsp3) is 0.0714. The van der Waals surface area contributed by atoms with E-state index in [1.165, 1.54) is 30.6 Å². The minimum atomic E-state index is -0.661. The van der Waals surface area contributed by atoms with Gasteiger partial charge in [-0.3, -0.25) is 4.98 Å². The normalized spacial score (nSPS) is 10.8. The number of hydrogen-bond donors (Lipinski definition) is 1. The Balaban J connectivity index is 1.85. The van der Waals surface area contributed by atoms with Crippen molar-refractivity contribution in [1.82, 2.24) is 15.1 Å². The summed E-state index contributed by atoms with van der Waals surface area (Å²) < 4.78 is 31.2. The molecule has 7 heteroatoms. The highest BCUT2D eigenvalue weighted by atomic mass is 19.1. The highest BCUT2D eigenvalue weighted by Crippen LogP contribution is 2.21. The lowest BCUT2D eigenvalue weighted by atomic mass is 10.1. The average molecular weight is 289 g/mol. The summed E-state index contributed by atoms with van der Waals surface area (Å²) in [6.45, 7) is 0. The van der Waals surface area contributed by atoms with Gasteiger partial charge < -0.3 is 9.63 Å². The summed E-state index contributed by atoms with van der Waals surface area (Å²) in [5.74, 6) is -0.903. The molecule has 21 heavy (non-hydrogen) atoms. The highest BCUT2D eigenvalue weighted by Gasteiger charge is 2.11. The molecular weight excluding hydrogens is 280 g/mol. The van der Waals surface area contributed by atoms with Crippen LogP contribution < -0.4 is 0 Å². The summed E-state index contributed by atoms with van der Waals surface area (Å²) in [5.41, 5.74) is 0.855. The van der Waals surface area contributed by atoms with E-state index in [1.807, 2.05) is 0 Å². The van der Waals surface area contributed by atoms with Crippen LogP contribution in [0.1, 0.15) is 11.4 Å². The highest BCUT2D eigenvalue weighted by molar-refractivity contribution is 5.53. The Kier molecular flexibility index (Phi) is 3.31. The van der Waals surface area contributed by atoms with Gasteiger partial charge in [0, 0.05) is 18.7 Å². The molecular formula is C14H9F2N3O2. The largest absolute Gasteiger partial charge is 0.506 e. The maximum atomic E-state index is 13.1. The SMILES string of the molecule is Oc1cncc(-c2nc(Cc3cc(F)cc(F)c3)no2)c1. The van der Waals surface area contributed by atoms with Crippen LogP contribution in [0.15, 0.2) is 41.2 Å². The van der Waals surface area contributed by atoms with Gasteiger partial charge in [0.2, 0.25) is 0 Å². The Labute approximate surface area is 117 Å². The molecule has 5 nitrogen and oxygen atoms in total. The first-order valence-electron chi connectivity index (χ1n) is 6.02. The predicted molar refractivity (Wildman–Crippen MR) is 68.4 cm³/mol. The van der Waals surface area contributed by atoms with Crippen LogP contribution in [0, 0.1) is 11.6 Å². The van der Waals surface area contributed by atoms with Gasteiger partial charge in [-0.25, -0.2) is 8.78 Å². The van der Waals surface area contributed by atoms with Crippen molar-refractivity contribution in [2.75, 3.05) is 0 Å². The van der Waals surface area contributed by atoms with Crippen molar-refractivity contribution in [2.24, 2.45) is 0 Å². The molecule has 3 aromatic rings. The number of aromatic hydroxyl groups is 1. The van der Waals surface area contributed by atoms with Gasteiger partial charge in [-0.1, -0.05) is 5.16 Å². The Bertz CT molecular complexity index is 769. The Morgan fingerprint density at radius 1 is 1.05 bits per heavy atom. The number of pyridine rings is 1. The van der Waals surface area contributed by atoms with E-state index < -0.39 is 11.6 Å². The van der Waals surface area contributed by atoms with Gasteiger partial charge in [0.25, 0.3) is 5.89 Å². The molecule has 3 rings (SSSR count). The molecule has 1 N–H and O–H groups in total. The zero-order chi connectivity index (χ0) is 14.8. The second-order valence-electron chi connectivity index (χ2n) is 4.40. The van der Waals surface area contributed by atoms with E-state index in [1.54, 1.807) is 0 Å². The molecule has 0 unspecified atom stereocenters. The molecule has 0 saturated heterocycles. The molecule has 1 aromatic carbocycles. The molecule has 2 aromatic heterocycles. The van der Waals surface area contributed by atoms with E-state index >= 15 is 0 Å². The van der Waals surface area contributed by atoms with Crippen LogP contribution in [0.3, 0.4) is 0 Å². The van der Waals surface area contributed by atoms with Crippen LogP contribution in [0.2, 0.25) is 0 Å². The third kappa shape index (κ3) is 3.02. The van der Waals surface area contributed by atoms with Gasteiger partial charge >= 0.3 is 0 Å². The molecule has 0 atom stereocenters. The lowest BCUT2D eigenvalue weighted by Gasteiger charge is -1.98. The van der Waals surface area contributed by atoms with Gasteiger partial charge in [-0.2, -0.15) is 4.98 Å². The third-order valence-electron chi connectivity index (χ3n) is 2.72. The molecule has 0 aliphatic carbocycles. The average Bonchev–Trinajstić information content (AvgIpc) is 2.86. The molecule has 0 radical (unpaired) electrons. The topological polar surface area (TPSA) is 72.0 Å². The van der Waals surface area contributed by atoms with Gasteiger partial charge in [0.15, 0.2) is 5.82 Å². The van der Waals surface area contributed by atoms with Crippen molar-refractivity contribution in [3.8, 4) is 17.2 Å². The van der Waals surface area contributed by atoms with Gasteiger partial charge in [-0.05, 0) is 23.8 Å². The summed E-state index contributed by atoms with van der Waals surface area (Å²) in [7, 11) is 0. The Morgan fingerprint density at radius 2 is 1.81 bits per heavy atom. The van der Waals surface area contributed by atoms with Crippen LogP contribution in [0.4, 0.5) is 8.78 Å². The number of hydrogen-bond acceptors (Lipinski definition) is 5. The lowest BCUT2D eigenvalue weighted by molar-refractivity contribution is 0.423. The maximum absolute atomic E-state index is 13.1. The third-order valence-corrected chi connectivity index (χ3v) is 2.72. The minimum Gasteiger partial charge on any atom is -0.506 e. The Morgan fingerprint density at radius 3 is 2.52 bits per heavy atom. The summed E-state index contributed by atoms with van der Waals surface area (Å²) in [6.07, 6.45) is 2.86. The van der Waals surface area contributed by atoms with E-state index in [2.05, 4.69) is 15.1 Å². The van der Waals surface area contributed by atoms with Crippen molar-refractivity contribution in [1.29, 1.82) is 0 Å². The zero-order valence-electron chi connectivity index (χ0n) is 10.6. The number of halogens is 2. The van der Waals surface area contributed by atoms with Gasteiger partial charge in [0.1, 0.15) is 17.4 Å². The summed E-state index contributed by atoms with van der Waals surface area (Å²) in [6, 6.07) is 4.62. The number of aromatic nitrogens is 3. The monoisotopic (exact) mass is 289 g/mol. The molecule has 0 amide bonds. The maximum Gasteiger partial charge on any atom is 0.259 e. The van der Waals surface area contributed by atoms with Crippen LogP contribution in [-0.4, -0.2) is 20.2 Å². The van der Waals surface area contributed by atoms with Crippen molar-refractivity contribution in [3.05, 3.63) is 59.7 Å². The molecule has 0 spiro atoms. The van der Waals surface area contributed by atoms with Crippen molar-refractivity contribution < 1.29 is 18.4 Å². The molecule has 0 bridgehead atoms. The molecule has 0 aliphatic rings. The standard InChI is InChI=1S/C14H9F2N3O2/c15-10-1-8(2-11(16)5-10)3-13-18-14(21-19-13)9-4-12(20)7-17-6-9/h1-2,4-7,20H,3H2. The fourth-order valence-corrected chi connectivity index (χ4v) is 1.88. The van der Waals surface area contributed by atoms with Gasteiger partial charge in [0.05, 0.1) is 11.8 Å². The van der Waals surface area contributed by atoms with E-state index in [0.717, 1.165) is 6.07 Å². The summed E-state index contributed by atoms with van der Waals surface area (Å²) in [5, 5.41) is 13.1. The Hall–Kier alpha value is -2.83. The predicted octanol–water partition coefficient (Wildman–Crippen LogP) is 2.71. The first kappa shape index (κ1) is 13.2. The summed E-state index contributed by atoms with van der Waals surface area (Å²) in [4.78, 5) is 7.90. The van der Waals surface area contributed by atoms with Crippen LogP contribution in [-0.2, 0) is 6.42 Å². The van der Waals surface area contributed by atoms with Crippen molar-refractivity contribution in [3.63, 3.8) is 0 Å². The van der Waals surface area contributed by atoms with E-state index in [9.17, 15) is 13.9 Å². The number of benzene rings is 1. The summed E-state index contributed by atoms with van der Waals surface area (Å²) >= 11 is 0. The van der Waals surface area contributed by atoms with Crippen molar-refractivity contribution >= 4 is 0 Å². The van der Waals surface area contributed by atoms with E-state index in [4.69, 9.17) is 4.52 Å². The number of nitrogens with zero attached hydrogens (tertiary/aromatic N) is 3. The number of rotatable bonds is 3. The second-order valence-corrected chi connectivity index (χ2v) is 4.40. The van der Waals surface area contributed by atoms with Crippen LogP contribution >= 0.6 is 0 Å². The molecule has 106 valence electrons. The van der Waals surface area contributed by atoms with E-state index in [0.29, 0.717) is 11.1 Å². The minimum absolute atomic E-state index is 0.0283. The molecule has 0 aliphatic heterocycles. The molecule has 2 heterocycles. The quantitative estimate of drug-likeness (QED) is 0.802. The van der Waals surface area contributed by atoms with Gasteiger partial charge in [-0.15, -0.1) is 0 Å². The van der Waals surface area contributed by atoms with Crippen molar-refractivity contribution in [2.45, 2.75) is 6.42 Å². The zero-order valence-corrected chi connectivity index (χ0v) is 10.6. The second kappa shape index (κ2) is 5.28. The fourth-order valence-electron chi connectivity index (χ4n) is 1.88. The molecule has 0 fully saturated rings. The first-order chi connectivity index (χ1) is 10.1. The van der Waals surface area contributed by atoms with Crippen LogP contribution in [0.25, 0.3) is 11.5 Å².